The Morgan fingerprint density at radius 2 is 1.91 bits per heavy atom. The number of benzene rings is 1. The van der Waals surface area contributed by atoms with E-state index in [9.17, 15) is 14.7 Å². The molecule has 2 fully saturated rings. The van der Waals surface area contributed by atoms with Crippen molar-refractivity contribution in [3.63, 3.8) is 0 Å². The Balaban J connectivity index is 1.34. The molecule has 1 aromatic heterocycles. The van der Waals surface area contributed by atoms with Gasteiger partial charge in [-0.25, -0.2) is 9.78 Å². The molecule has 2 N–H and O–H groups in total. The fraction of sp³-hybridized carbons (Fsp3) is 0.560. The standard InChI is InChI=1S/C25H32N2O6/c1-16-21(26-23(33-16)17-8-10-19(31-2)11-9-17)15-32-20-7-5-6-18(14-20)22(28)27-25(24(29)30)12-3-4-13-25/h8-11,18,20H,3-7,12-15H2,1-2H3,(H,27,28)(H,29,30)/t18-,20+/m0/s1. The molecule has 8 heteroatoms. The van der Waals surface area contributed by atoms with Gasteiger partial charge >= 0.3 is 5.97 Å². The lowest BCUT2D eigenvalue weighted by Gasteiger charge is -2.32. The minimum absolute atomic E-state index is 0.0700. The number of hydrogen-bond donors (Lipinski definition) is 2. The molecule has 1 aromatic carbocycles. The Hall–Kier alpha value is -2.87. The van der Waals surface area contributed by atoms with Gasteiger partial charge in [-0.3, -0.25) is 4.79 Å². The lowest BCUT2D eigenvalue weighted by Crippen LogP contribution is -2.54. The zero-order valence-electron chi connectivity index (χ0n) is 19.3. The number of aliphatic carboxylic acids is 1. The lowest BCUT2D eigenvalue weighted by atomic mass is 9.85. The number of carbonyl (C=O) groups excluding carboxylic acids is 1. The van der Waals surface area contributed by atoms with Crippen molar-refractivity contribution in [1.82, 2.24) is 10.3 Å². The van der Waals surface area contributed by atoms with Crippen LogP contribution in [0.4, 0.5) is 0 Å². The largest absolute Gasteiger partial charge is 0.497 e. The molecular weight excluding hydrogens is 424 g/mol. The van der Waals surface area contributed by atoms with Gasteiger partial charge in [0.1, 0.15) is 22.7 Å². The Morgan fingerprint density at radius 3 is 2.58 bits per heavy atom. The van der Waals surface area contributed by atoms with Gasteiger partial charge < -0.3 is 24.3 Å². The van der Waals surface area contributed by atoms with Gasteiger partial charge in [0.25, 0.3) is 0 Å². The fourth-order valence-electron chi connectivity index (χ4n) is 4.86. The molecule has 0 saturated heterocycles. The van der Waals surface area contributed by atoms with Crippen LogP contribution in [0.1, 0.15) is 62.8 Å². The summed E-state index contributed by atoms with van der Waals surface area (Å²) in [7, 11) is 1.62. The van der Waals surface area contributed by atoms with E-state index in [1.165, 1.54) is 0 Å². The normalized spacial score (nSPS) is 22.1. The van der Waals surface area contributed by atoms with E-state index >= 15 is 0 Å². The Bertz CT molecular complexity index is 977. The van der Waals surface area contributed by atoms with Crippen molar-refractivity contribution < 1.29 is 28.6 Å². The van der Waals surface area contributed by atoms with E-state index in [2.05, 4.69) is 10.3 Å². The molecule has 2 aliphatic rings. The summed E-state index contributed by atoms with van der Waals surface area (Å²) < 4.78 is 17.1. The van der Waals surface area contributed by atoms with Gasteiger partial charge in [-0.05, 0) is 63.3 Å². The molecule has 8 nitrogen and oxygen atoms in total. The quantitative estimate of drug-likeness (QED) is 0.611. The first-order chi connectivity index (χ1) is 15.9. The third-order valence-electron chi connectivity index (χ3n) is 6.91. The van der Waals surface area contributed by atoms with E-state index in [0.717, 1.165) is 49.1 Å². The summed E-state index contributed by atoms with van der Waals surface area (Å²) in [6.07, 6.45) is 5.69. The molecule has 2 atom stereocenters. The first-order valence-electron chi connectivity index (χ1n) is 11.7. The molecular formula is C25H32N2O6. The highest BCUT2D eigenvalue weighted by Crippen LogP contribution is 2.33. The van der Waals surface area contributed by atoms with Crippen LogP contribution in [0.25, 0.3) is 11.5 Å². The number of amides is 1. The molecule has 33 heavy (non-hydrogen) atoms. The number of carbonyl (C=O) groups is 2. The van der Waals surface area contributed by atoms with Crippen LogP contribution in [0, 0.1) is 12.8 Å². The number of carboxylic acid groups (broad SMARTS) is 1. The van der Waals surface area contributed by atoms with Crippen LogP contribution >= 0.6 is 0 Å². The van der Waals surface area contributed by atoms with E-state index in [4.69, 9.17) is 13.9 Å². The first kappa shape index (κ1) is 23.3. The first-order valence-corrected chi connectivity index (χ1v) is 11.7. The Labute approximate surface area is 193 Å². The summed E-state index contributed by atoms with van der Waals surface area (Å²) in [4.78, 5) is 29.2. The number of aryl methyl sites for hydroxylation is 1. The highest BCUT2D eigenvalue weighted by Gasteiger charge is 2.44. The Morgan fingerprint density at radius 1 is 1.18 bits per heavy atom. The molecule has 2 aliphatic carbocycles. The number of methoxy groups -OCH3 is 1. The van der Waals surface area contributed by atoms with Crippen LogP contribution in [0.2, 0.25) is 0 Å². The summed E-state index contributed by atoms with van der Waals surface area (Å²) in [5, 5.41) is 12.5. The number of nitrogens with one attached hydrogen (secondary N) is 1. The number of nitrogens with zero attached hydrogens (tertiary/aromatic N) is 1. The molecule has 0 radical (unpaired) electrons. The zero-order chi connectivity index (χ0) is 23.4. The van der Waals surface area contributed by atoms with Gasteiger partial charge in [-0.1, -0.05) is 19.3 Å². The average molecular weight is 457 g/mol. The molecule has 1 amide bonds. The van der Waals surface area contributed by atoms with Crippen LogP contribution in [0.3, 0.4) is 0 Å². The summed E-state index contributed by atoms with van der Waals surface area (Å²) in [6, 6.07) is 7.51. The molecule has 2 aromatic rings. The maximum atomic E-state index is 12.9. The molecule has 178 valence electrons. The zero-order valence-corrected chi connectivity index (χ0v) is 19.3. The van der Waals surface area contributed by atoms with E-state index in [-0.39, 0.29) is 17.9 Å². The van der Waals surface area contributed by atoms with Gasteiger partial charge in [0.2, 0.25) is 11.8 Å². The molecule has 0 bridgehead atoms. The maximum Gasteiger partial charge on any atom is 0.329 e. The van der Waals surface area contributed by atoms with Crippen LogP contribution in [0.15, 0.2) is 28.7 Å². The van der Waals surface area contributed by atoms with Crippen LogP contribution < -0.4 is 10.1 Å². The minimum Gasteiger partial charge on any atom is -0.497 e. The monoisotopic (exact) mass is 456 g/mol. The van der Waals surface area contributed by atoms with E-state index in [1.54, 1.807) is 7.11 Å². The number of oxazole rings is 1. The van der Waals surface area contributed by atoms with Crippen molar-refractivity contribution in [3.8, 4) is 17.2 Å². The SMILES string of the molecule is COc1ccc(-c2nc(CO[C@@H]3CCC[C@H](C(=O)NC4(C(=O)O)CCCC4)C3)c(C)o2)cc1. The second-order valence-electron chi connectivity index (χ2n) is 9.13. The molecule has 2 saturated carbocycles. The van der Waals surface area contributed by atoms with Gasteiger partial charge in [0, 0.05) is 11.5 Å². The smallest absolute Gasteiger partial charge is 0.329 e. The van der Waals surface area contributed by atoms with E-state index in [0.29, 0.717) is 37.5 Å². The van der Waals surface area contributed by atoms with Gasteiger partial charge in [-0.2, -0.15) is 0 Å². The molecule has 4 rings (SSSR count). The fourth-order valence-corrected chi connectivity index (χ4v) is 4.86. The topological polar surface area (TPSA) is 111 Å². The van der Waals surface area contributed by atoms with E-state index < -0.39 is 11.5 Å². The van der Waals surface area contributed by atoms with Crippen LogP contribution in [-0.2, 0) is 20.9 Å². The molecule has 0 spiro atoms. The summed E-state index contributed by atoms with van der Waals surface area (Å²) >= 11 is 0. The highest BCUT2D eigenvalue weighted by molar-refractivity contribution is 5.88. The van der Waals surface area contributed by atoms with Crippen molar-refractivity contribution in [2.24, 2.45) is 5.92 Å². The number of carboxylic acids is 1. The number of rotatable bonds is 8. The highest BCUT2D eigenvalue weighted by atomic mass is 16.5. The van der Waals surface area contributed by atoms with Gasteiger partial charge in [-0.15, -0.1) is 0 Å². The van der Waals surface area contributed by atoms with Crippen molar-refractivity contribution >= 4 is 11.9 Å². The van der Waals surface area contributed by atoms with Crippen molar-refractivity contribution in [2.75, 3.05) is 7.11 Å². The lowest BCUT2D eigenvalue weighted by molar-refractivity contribution is -0.148. The molecule has 1 heterocycles. The number of hydrogen-bond acceptors (Lipinski definition) is 6. The predicted molar refractivity (Wildman–Crippen MR) is 121 cm³/mol. The van der Waals surface area contributed by atoms with Gasteiger partial charge in [0.05, 0.1) is 19.8 Å². The predicted octanol–water partition coefficient (Wildman–Crippen LogP) is 4.25. The Kier molecular flexibility index (Phi) is 7.02. The van der Waals surface area contributed by atoms with Crippen LogP contribution in [0.5, 0.6) is 5.75 Å². The third kappa shape index (κ3) is 5.21. The van der Waals surface area contributed by atoms with Crippen molar-refractivity contribution in [2.45, 2.75) is 76.5 Å². The van der Waals surface area contributed by atoms with Crippen molar-refractivity contribution in [1.29, 1.82) is 0 Å². The van der Waals surface area contributed by atoms with Crippen LogP contribution in [-0.4, -0.2) is 40.7 Å². The van der Waals surface area contributed by atoms with Crippen molar-refractivity contribution in [3.05, 3.63) is 35.7 Å². The molecule has 0 unspecified atom stereocenters. The minimum atomic E-state index is -1.10. The number of aromatic nitrogens is 1. The summed E-state index contributed by atoms with van der Waals surface area (Å²) in [5.41, 5.74) is 0.502. The van der Waals surface area contributed by atoms with E-state index in [1.807, 2.05) is 31.2 Å². The average Bonchev–Trinajstić information content (AvgIpc) is 3.45. The maximum absolute atomic E-state index is 12.9. The third-order valence-corrected chi connectivity index (χ3v) is 6.91. The summed E-state index contributed by atoms with van der Waals surface area (Å²) in [5.74, 6) is 0.691. The van der Waals surface area contributed by atoms with Gasteiger partial charge in [0.15, 0.2) is 0 Å². The summed E-state index contributed by atoms with van der Waals surface area (Å²) in [6.45, 7) is 2.17. The second kappa shape index (κ2) is 9.95. The number of ether oxygens (including phenoxy) is 2. The second-order valence-corrected chi connectivity index (χ2v) is 9.13. The molecule has 0 aliphatic heterocycles.